The Kier molecular flexibility index (Phi) is 15.5. The van der Waals surface area contributed by atoms with Crippen molar-refractivity contribution < 1.29 is 41.8 Å². The number of pyridine rings is 1. The fraction of sp³-hybridized carbons (Fsp3) is 0.440. The topological polar surface area (TPSA) is 202 Å². The Morgan fingerprint density at radius 3 is 2.33 bits per heavy atom. The second kappa shape index (κ2) is 21.7. The SMILES string of the molecule is CN1CCN(c2ccc(-c3cccc(CN4CCN(CCNC(=O)CCCCCNc5cccc6c5C[N+]([O-])(C5CCC(=O)NC5=O)C6=O)CC4)c3)cc2NC(=O)c2c[nH]c(=O)cc2C(F)(F)F)CC1. The maximum Gasteiger partial charge on any atom is 0.417 e. The highest BCUT2D eigenvalue weighted by molar-refractivity contribution is 6.07. The number of anilines is 3. The number of piperidine rings is 1. The van der Waals surface area contributed by atoms with Crippen LogP contribution in [0.4, 0.5) is 30.2 Å². The van der Waals surface area contributed by atoms with E-state index in [0.29, 0.717) is 79.8 Å². The Labute approximate surface area is 403 Å². The van der Waals surface area contributed by atoms with Gasteiger partial charge in [0.25, 0.3) is 11.8 Å². The third-order valence-corrected chi connectivity index (χ3v) is 13.7. The van der Waals surface area contributed by atoms with E-state index in [1.54, 1.807) is 18.2 Å². The van der Waals surface area contributed by atoms with Crippen molar-refractivity contribution in [3.05, 3.63) is 116 Å². The van der Waals surface area contributed by atoms with Crippen LogP contribution in [0.15, 0.2) is 77.7 Å². The highest BCUT2D eigenvalue weighted by Crippen LogP contribution is 2.39. The second-order valence-corrected chi connectivity index (χ2v) is 18.6. The molecule has 17 nitrogen and oxygen atoms in total. The minimum absolute atomic E-state index is 0.00306. The van der Waals surface area contributed by atoms with Crippen molar-refractivity contribution in [3.8, 4) is 11.1 Å². The zero-order valence-corrected chi connectivity index (χ0v) is 39.2. The lowest BCUT2D eigenvalue weighted by Gasteiger charge is -2.42. The number of amides is 5. The molecule has 70 heavy (non-hydrogen) atoms. The van der Waals surface area contributed by atoms with Crippen LogP contribution in [0.25, 0.3) is 11.1 Å². The number of hydrogen-bond donors (Lipinski definition) is 5. The number of fused-ring (bicyclic) bond motifs is 1. The number of alkyl halides is 3. The van der Waals surface area contributed by atoms with Gasteiger partial charge < -0.3 is 35.9 Å². The number of imide groups is 1. The molecule has 3 saturated heterocycles. The van der Waals surface area contributed by atoms with E-state index in [9.17, 15) is 47.1 Å². The number of carbonyl (C=O) groups excluding carboxylic acids is 5. The molecule has 5 heterocycles. The van der Waals surface area contributed by atoms with Crippen LogP contribution in [0.5, 0.6) is 0 Å². The van der Waals surface area contributed by atoms with Gasteiger partial charge in [0, 0.05) is 121 Å². The molecular formula is C50H59F3N10O7. The summed E-state index contributed by atoms with van der Waals surface area (Å²) in [6.07, 6.45) is -1.37. The van der Waals surface area contributed by atoms with Crippen LogP contribution in [0.2, 0.25) is 0 Å². The molecule has 5 amide bonds. The number of carbonyl (C=O) groups is 5. The summed E-state index contributed by atoms with van der Waals surface area (Å²) in [5.41, 5.74) is 2.41. The molecule has 0 saturated carbocycles. The lowest BCUT2D eigenvalue weighted by Crippen LogP contribution is -2.60. The second-order valence-electron chi connectivity index (χ2n) is 18.6. The first kappa shape index (κ1) is 50.0. The molecule has 4 aliphatic heterocycles. The summed E-state index contributed by atoms with van der Waals surface area (Å²) >= 11 is 0. The van der Waals surface area contributed by atoms with Crippen molar-refractivity contribution in [2.45, 2.75) is 63.8 Å². The summed E-state index contributed by atoms with van der Waals surface area (Å²) in [6, 6.07) is 18.0. The standard InChI is InChI=1S/C50H59F3N10O7/c1-59-19-25-62(26-20-59)42-13-12-35(28-41(42)57-47(67)37-30-56-46(66)29-39(37)50(51,52)53)34-8-5-7-33(27-34)31-61-23-21-60(22-24-61)18-17-55-44(64)11-3-2-4-16-54-40-10-6-9-36-38(40)32-63(70,49(36)69)43-14-15-45(65)58-48(43)68/h5-10,12-13,27-30,43,54H,2-4,11,14-26,31-32H2,1H3,(H,55,64)(H,56,66)(H,57,67)(H,58,65,68). The molecule has 0 aliphatic carbocycles. The first-order chi connectivity index (χ1) is 33.5. The fourth-order valence-corrected chi connectivity index (χ4v) is 9.72. The molecule has 5 N–H and O–H groups in total. The van der Waals surface area contributed by atoms with E-state index >= 15 is 0 Å². The van der Waals surface area contributed by atoms with Crippen molar-refractivity contribution in [3.63, 3.8) is 0 Å². The number of H-pyrrole nitrogens is 1. The summed E-state index contributed by atoms with van der Waals surface area (Å²) in [6.45, 7) is 8.64. The number of aromatic amines is 1. The van der Waals surface area contributed by atoms with Crippen molar-refractivity contribution in [1.29, 1.82) is 0 Å². The number of hydrogen-bond acceptors (Lipinski definition) is 12. The van der Waals surface area contributed by atoms with E-state index in [2.05, 4.69) is 58.0 Å². The number of hydroxylamine groups is 3. The van der Waals surface area contributed by atoms with Crippen LogP contribution >= 0.6 is 0 Å². The van der Waals surface area contributed by atoms with Gasteiger partial charge in [-0.15, -0.1) is 0 Å². The first-order valence-electron chi connectivity index (χ1n) is 23.9. The molecule has 0 radical (unpaired) electrons. The lowest BCUT2D eigenvalue weighted by atomic mass is 10.0. The smallest absolute Gasteiger partial charge is 0.417 e. The molecule has 0 bridgehead atoms. The van der Waals surface area contributed by atoms with E-state index in [1.807, 2.05) is 37.4 Å². The normalized spacial score (nSPS) is 20.3. The van der Waals surface area contributed by atoms with Crippen molar-refractivity contribution in [1.82, 2.24) is 30.3 Å². The van der Waals surface area contributed by atoms with Gasteiger partial charge in [-0.25, -0.2) is 4.79 Å². The quantitative estimate of drug-likeness (QED) is 0.0422. The maximum atomic E-state index is 13.9. The Morgan fingerprint density at radius 2 is 1.57 bits per heavy atom. The minimum Gasteiger partial charge on any atom is -0.624 e. The van der Waals surface area contributed by atoms with Gasteiger partial charge in [0.15, 0.2) is 6.04 Å². The van der Waals surface area contributed by atoms with E-state index in [-0.39, 0.29) is 25.3 Å². The average molecular weight is 969 g/mol. The summed E-state index contributed by atoms with van der Waals surface area (Å²) in [7, 11) is 2.02. The molecule has 1 aromatic heterocycles. The van der Waals surface area contributed by atoms with Crippen LogP contribution in [0.1, 0.15) is 75.9 Å². The monoisotopic (exact) mass is 968 g/mol. The zero-order chi connectivity index (χ0) is 49.6. The van der Waals surface area contributed by atoms with Gasteiger partial charge in [-0.2, -0.15) is 13.2 Å². The maximum absolute atomic E-state index is 13.9. The van der Waals surface area contributed by atoms with Crippen LogP contribution < -0.4 is 31.7 Å². The van der Waals surface area contributed by atoms with Crippen molar-refractivity contribution in [2.24, 2.45) is 0 Å². The molecule has 2 atom stereocenters. The fourth-order valence-electron chi connectivity index (χ4n) is 9.72. The number of rotatable bonds is 17. The number of nitrogens with one attached hydrogen (secondary N) is 5. The number of unbranched alkanes of at least 4 members (excludes halogenated alkanes) is 2. The number of likely N-dealkylation sites (N-methyl/N-ethyl adjacent to an activating group) is 1. The van der Waals surface area contributed by atoms with Crippen LogP contribution in [0, 0.1) is 5.21 Å². The number of nitrogens with zero attached hydrogens (tertiary/aromatic N) is 5. The molecule has 4 aromatic rings. The molecule has 0 spiro atoms. The number of quaternary nitrogens is 1. The molecule has 2 unspecified atom stereocenters. The van der Waals surface area contributed by atoms with E-state index < -0.39 is 57.2 Å². The Morgan fingerprint density at radius 1 is 0.829 bits per heavy atom. The molecule has 372 valence electrons. The lowest BCUT2D eigenvalue weighted by molar-refractivity contribution is -0.825. The number of piperazine rings is 2. The summed E-state index contributed by atoms with van der Waals surface area (Å²) in [4.78, 5) is 86.4. The van der Waals surface area contributed by atoms with Gasteiger partial charge in [-0.1, -0.05) is 36.8 Å². The third-order valence-electron chi connectivity index (χ3n) is 13.7. The number of halogens is 3. The van der Waals surface area contributed by atoms with Gasteiger partial charge >= 0.3 is 12.1 Å². The van der Waals surface area contributed by atoms with E-state index in [0.717, 1.165) is 81.5 Å². The molecule has 3 aromatic carbocycles. The van der Waals surface area contributed by atoms with Crippen LogP contribution in [-0.4, -0.2) is 139 Å². The Balaban J connectivity index is 0.765. The third kappa shape index (κ3) is 11.8. The predicted molar refractivity (Wildman–Crippen MR) is 258 cm³/mol. The minimum atomic E-state index is -4.90. The van der Waals surface area contributed by atoms with Gasteiger partial charge in [-0.3, -0.25) is 43.7 Å². The molecule has 3 fully saturated rings. The van der Waals surface area contributed by atoms with E-state index in [1.165, 1.54) is 0 Å². The van der Waals surface area contributed by atoms with Gasteiger partial charge in [0.05, 0.1) is 28.1 Å². The number of benzene rings is 3. The Bertz CT molecular complexity index is 2660. The summed E-state index contributed by atoms with van der Waals surface area (Å²) in [5.74, 6) is -2.81. The van der Waals surface area contributed by atoms with E-state index in [4.69, 9.17) is 0 Å². The van der Waals surface area contributed by atoms with Crippen LogP contribution in [0.3, 0.4) is 0 Å². The molecule has 20 heteroatoms. The predicted octanol–water partition coefficient (Wildman–Crippen LogP) is 4.74. The van der Waals surface area contributed by atoms with Crippen molar-refractivity contribution >= 4 is 46.6 Å². The first-order valence-corrected chi connectivity index (χ1v) is 23.9. The van der Waals surface area contributed by atoms with Gasteiger partial charge in [0.2, 0.25) is 17.4 Å². The van der Waals surface area contributed by atoms with Gasteiger partial charge in [-0.05, 0) is 66.9 Å². The Hall–Kier alpha value is -6.45. The highest BCUT2D eigenvalue weighted by Gasteiger charge is 2.50. The number of aromatic nitrogens is 1. The zero-order valence-electron chi connectivity index (χ0n) is 39.2. The summed E-state index contributed by atoms with van der Waals surface area (Å²) in [5, 5.41) is 25.0. The molecule has 8 rings (SSSR count). The molecular weight excluding hydrogens is 910 g/mol. The average Bonchev–Trinajstić information content (AvgIpc) is 3.60. The van der Waals surface area contributed by atoms with Gasteiger partial charge in [0.1, 0.15) is 6.54 Å². The summed E-state index contributed by atoms with van der Waals surface area (Å²) < 4.78 is 40.4. The van der Waals surface area contributed by atoms with Crippen molar-refractivity contribution in [2.75, 3.05) is 94.6 Å². The highest BCUT2D eigenvalue weighted by atomic mass is 19.4. The molecule has 4 aliphatic rings. The van der Waals surface area contributed by atoms with Crippen LogP contribution in [-0.2, 0) is 33.6 Å². The largest absolute Gasteiger partial charge is 0.624 e.